The van der Waals surface area contributed by atoms with E-state index in [0.29, 0.717) is 23.1 Å². The third kappa shape index (κ3) is 5.90. The summed E-state index contributed by atoms with van der Waals surface area (Å²) in [6, 6.07) is 11.7. The fraction of sp³-hybridized carbons (Fsp3) is 0.364. The third-order valence-corrected chi connectivity index (χ3v) is 4.98. The zero-order valence-corrected chi connectivity index (χ0v) is 16.8. The van der Waals surface area contributed by atoms with Gasteiger partial charge in [-0.2, -0.15) is 18.2 Å². The second-order valence-corrected chi connectivity index (χ2v) is 7.61. The Morgan fingerprint density at radius 3 is 2.61 bits per heavy atom. The van der Waals surface area contributed by atoms with Crippen molar-refractivity contribution in [3.05, 3.63) is 53.6 Å². The summed E-state index contributed by atoms with van der Waals surface area (Å²) in [6.45, 7) is 0.217. The first-order chi connectivity index (χ1) is 14.9. The van der Waals surface area contributed by atoms with E-state index in [1.54, 1.807) is 18.2 Å². The number of aliphatic imine (C=N–C) groups is 1. The molecule has 0 atom stereocenters. The van der Waals surface area contributed by atoms with Crippen molar-refractivity contribution in [3.8, 4) is 5.75 Å². The number of carbonyl (C=O) groups excluding carboxylic acids is 1. The highest BCUT2D eigenvalue weighted by Gasteiger charge is 2.29. The second kappa shape index (κ2) is 8.87. The minimum atomic E-state index is -4.39. The van der Waals surface area contributed by atoms with Crippen LogP contribution in [-0.4, -0.2) is 37.7 Å². The van der Waals surface area contributed by atoms with Gasteiger partial charge in [-0.15, -0.1) is 0 Å². The highest BCUT2D eigenvalue weighted by atomic mass is 19.4. The van der Waals surface area contributed by atoms with Crippen LogP contribution < -0.4 is 20.7 Å². The van der Waals surface area contributed by atoms with Gasteiger partial charge in [-0.3, -0.25) is 4.79 Å². The van der Waals surface area contributed by atoms with E-state index in [4.69, 9.17) is 4.74 Å². The Labute approximate surface area is 177 Å². The molecule has 1 heterocycles. The highest BCUT2D eigenvalue weighted by Crippen LogP contribution is 2.44. The van der Waals surface area contributed by atoms with Gasteiger partial charge in [0.05, 0.1) is 0 Å². The van der Waals surface area contributed by atoms with Gasteiger partial charge in [0, 0.05) is 36.1 Å². The highest BCUT2D eigenvalue weighted by molar-refractivity contribution is 6.03. The Bertz CT molecular complexity index is 979. The molecule has 31 heavy (non-hydrogen) atoms. The summed E-state index contributed by atoms with van der Waals surface area (Å²) in [6.07, 6.45) is -1.36. The van der Waals surface area contributed by atoms with Crippen LogP contribution in [0.25, 0.3) is 0 Å². The molecule has 9 heteroatoms. The quantitative estimate of drug-likeness (QED) is 0.634. The van der Waals surface area contributed by atoms with E-state index in [0.717, 1.165) is 43.6 Å². The molecule has 1 aliphatic heterocycles. The summed E-state index contributed by atoms with van der Waals surface area (Å²) in [5.41, 5.74) is 2.92. The molecule has 3 N–H and O–H groups in total. The fourth-order valence-electron chi connectivity index (χ4n) is 3.34. The van der Waals surface area contributed by atoms with E-state index >= 15 is 0 Å². The summed E-state index contributed by atoms with van der Waals surface area (Å²) < 4.78 is 42.0. The van der Waals surface area contributed by atoms with Crippen molar-refractivity contribution < 1.29 is 22.7 Å². The average molecular weight is 432 g/mol. The Morgan fingerprint density at radius 2 is 1.90 bits per heavy atom. The standard InChI is InChI=1S/C22H23F3N4O2/c23-22(24,25)13-31-17-4-1-3-16(12-17)28-19-8-7-15(11-18(19)14-5-6-14)20(30)29-21-26-9-2-10-27-21/h1,3-4,7-8,11-12,14,28H,2,5-6,9-10,13H2,(H2,26,27,29,30). The predicted octanol–water partition coefficient (Wildman–Crippen LogP) is 4.33. The summed E-state index contributed by atoms with van der Waals surface area (Å²) in [7, 11) is 0. The van der Waals surface area contributed by atoms with Crippen LogP contribution in [0.2, 0.25) is 0 Å². The maximum absolute atomic E-state index is 12.6. The molecular weight excluding hydrogens is 409 g/mol. The molecule has 1 aliphatic carbocycles. The first kappa shape index (κ1) is 21.0. The molecule has 2 aromatic carbocycles. The maximum Gasteiger partial charge on any atom is 0.422 e. The monoisotopic (exact) mass is 432 g/mol. The molecule has 2 aromatic rings. The molecular formula is C22H23F3N4O2. The van der Waals surface area contributed by atoms with Crippen LogP contribution in [0.1, 0.15) is 41.1 Å². The van der Waals surface area contributed by atoms with Crippen molar-refractivity contribution in [1.29, 1.82) is 0 Å². The number of hydrogen-bond acceptors (Lipinski definition) is 3. The minimum absolute atomic E-state index is 0.130. The van der Waals surface area contributed by atoms with Crippen LogP contribution >= 0.6 is 0 Å². The van der Waals surface area contributed by atoms with Crippen LogP contribution in [0.4, 0.5) is 24.5 Å². The molecule has 0 aromatic heterocycles. The fourth-order valence-corrected chi connectivity index (χ4v) is 3.34. The average Bonchev–Trinajstić information content (AvgIpc) is 3.58. The van der Waals surface area contributed by atoms with E-state index < -0.39 is 12.8 Å². The SMILES string of the molecule is O=C(N=C1NCCCN1)c1ccc(Nc2cccc(OCC(F)(F)F)c2)c(C2CC2)c1. The zero-order valence-electron chi connectivity index (χ0n) is 16.8. The number of nitrogens with one attached hydrogen (secondary N) is 3. The summed E-state index contributed by atoms with van der Waals surface area (Å²) >= 11 is 0. The summed E-state index contributed by atoms with van der Waals surface area (Å²) in [4.78, 5) is 16.7. The number of carbonyl (C=O) groups is 1. The largest absolute Gasteiger partial charge is 0.484 e. The lowest BCUT2D eigenvalue weighted by Crippen LogP contribution is -2.44. The molecule has 2 fully saturated rings. The smallest absolute Gasteiger partial charge is 0.422 e. The maximum atomic E-state index is 12.6. The lowest BCUT2D eigenvalue weighted by atomic mass is 10.0. The van der Waals surface area contributed by atoms with Crippen LogP contribution in [-0.2, 0) is 0 Å². The Kier molecular flexibility index (Phi) is 6.01. The van der Waals surface area contributed by atoms with Gasteiger partial charge >= 0.3 is 6.18 Å². The van der Waals surface area contributed by atoms with E-state index in [1.165, 1.54) is 12.1 Å². The van der Waals surface area contributed by atoms with E-state index in [1.807, 2.05) is 12.1 Å². The predicted molar refractivity (Wildman–Crippen MR) is 112 cm³/mol. The summed E-state index contributed by atoms with van der Waals surface area (Å²) in [5, 5.41) is 9.37. The van der Waals surface area contributed by atoms with Gasteiger partial charge in [0.1, 0.15) is 5.75 Å². The molecule has 1 amide bonds. The second-order valence-electron chi connectivity index (χ2n) is 7.61. The van der Waals surface area contributed by atoms with Crippen molar-refractivity contribution in [1.82, 2.24) is 10.6 Å². The summed E-state index contributed by atoms with van der Waals surface area (Å²) in [5.74, 6) is 0.638. The van der Waals surface area contributed by atoms with Gasteiger partial charge in [0.2, 0.25) is 0 Å². The molecule has 1 saturated carbocycles. The van der Waals surface area contributed by atoms with Crippen molar-refractivity contribution >= 4 is 23.2 Å². The third-order valence-electron chi connectivity index (χ3n) is 4.98. The van der Waals surface area contributed by atoms with Crippen LogP contribution in [0.3, 0.4) is 0 Å². The molecule has 2 aliphatic rings. The zero-order chi connectivity index (χ0) is 21.8. The van der Waals surface area contributed by atoms with Crippen LogP contribution in [0.5, 0.6) is 5.75 Å². The van der Waals surface area contributed by atoms with E-state index in [9.17, 15) is 18.0 Å². The number of alkyl halides is 3. The first-order valence-electron chi connectivity index (χ1n) is 10.2. The number of hydrogen-bond donors (Lipinski definition) is 3. The van der Waals surface area contributed by atoms with Gasteiger partial charge < -0.3 is 20.7 Å². The number of benzene rings is 2. The normalized spacial score (nSPS) is 16.2. The Hall–Kier alpha value is -3.23. The molecule has 0 bridgehead atoms. The number of ether oxygens (including phenoxy) is 1. The molecule has 0 spiro atoms. The van der Waals surface area contributed by atoms with E-state index in [-0.39, 0.29) is 11.7 Å². The van der Waals surface area contributed by atoms with Gasteiger partial charge in [0.15, 0.2) is 12.6 Å². The van der Waals surface area contributed by atoms with Crippen molar-refractivity contribution in [2.24, 2.45) is 4.99 Å². The molecule has 4 rings (SSSR count). The topological polar surface area (TPSA) is 74.8 Å². The van der Waals surface area contributed by atoms with Crippen LogP contribution in [0, 0.1) is 0 Å². The van der Waals surface area contributed by atoms with Gasteiger partial charge in [-0.1, -0.05) is 6.07 Å². The number of anilines is 2. The molecule has 6 nitrogen and oxygen atoms in total. The number of nitrogens with zero attached hydrogens (tertiary/aromatic N) is 1. The number of rotatable bonds is 6. The minimum Gasteiger partial charge on any atom is -0.484 e. The van der Waals surface area contributed by atoms with Crippen molar-refractivity contribution in [2.75, 3.05) is 25.0 Å². The van der Waals surface area contributed by atoms with E-state index in [2.05, 4.69) is 20.9 Å². The first-order valence-corrected chi connectivity index (χ1v) is 10.2. The van der Waals surface area contributed by atoms with Crippen LogP contribution in [0.15, 0.2) is 47.5 Å². The van der Waals surface area contributed by atoms with Crippen molar-refractivity contribution in [3.63, 3.8) is 0 Å². The molecule has 1 saturated heterocycles. The van der Waals surface area contributed by atoms with Crippen molar-refractivity contribution in [2.45, 2.75) is 31.4 Å². The Morgan fingerprint density at radius 1 is 1.13 bits per heavy atom. The molecule has 164 valence electrons. The van der Waals surface area contributed by atoms with Gasteiger partial charge in [-0.25, -0.2) is 0 Å². The Balaban J connectivity index is 1.51. The number of halogens is 3. The number of amides is 1. The molecule has 0 radical (unpaired) electrons. The number of guanidine groups is 1. The lowest BCUT2D eigenvalue weighted by molar-refractivity contribution is -0.153. The molecule has 0 unspecified atom stereocenters. The van der Waals surface area contributed by atoms with Gasteiger partial charge in [-0.05, 0) is 61.1 Å². The lowest BCUT2D eigenvalue weighted by Gasteiger charge is -2.17. The van der Waals surface area contributed by atoms with Gasteiger partial charge in [0.25, 0.3) is 5.91 Å².